The van der Waals surface area contributed by atoms with E-state index in [0.29, 0.717) is 22.6 Å². The highest BCUT2D eigenvalue weighted by Gasteiger charge is 2.07. The molecule has 5 nitrogen and oxygen atoms in total. The second-order valence-electron chi connectivity index (χ2n) is 3.89. The molecule has 18 heavy (non-hydrogen) atoms. The van der Waals surface area contributed by atoms with Crippen LogP contribution in [0.2, 0.25) is 0 Å². The Balaban J connectivity index is 2.19. The van der Waals surface area contributed by atoms with Crippen molar-refractivity contribution in [3.8, 4) is 5.75 Å². The van der Waals surface area contributed by atoms with Gasteiger partial charge in [-0.15, -0.1) is 0 Å². The number of anilines is 3. The molecular formula is C13H13N3O2. The number of phenols is 1. The molecule has 6 N–H and O–H groups in total. The second kappa shape index (κ2) is 4.67. The molecule has 0 aliphatic carbocycles. The Morgan fingerprint density at radius 1 is 1.00 bits per heavy atom. The molecule has 0 saturated carbocycles. The Bertz CT molecular complexity index is 559. The van der Waals surface area contributed by atoms with Gasteiger partial charge in [0.25, 0.3) is 5.91 Å². The third-order valence-electron chi connectivity index (χ3n) is 2.37. The normalized spacial score (nSPS) is 10.0. The molecule has 2 aromatic rings. The maximum absolute atomic E-state index is 11.9. The van der Waals surface area contributed by atoms with Crippen LogP contribution in [0.3, 0.4) is 0 Å². The van der Waals surface area contributed by atoms with E-state index in [9.17, 15) is 4.79 Å². The van der Waals surface area contributed by atoms with E-state index in [1.165, 1.54) is 12.1 Å². The lowest BCUT2D eigenvalue weighted by Gasteiger charge is -2.07. The van der Waals surface area contributed by atoms with Gasteiger partial charge in [0.2, 0.25) is 0 Å². The number of carbonyl (C=O) groups excluding carboxylic acids is 1. The summed E-state index contributed by atoms with van der Waals surface area (Å²) in [5.74, 6) is -0.166. The van der Waals surface area contributed by atoms with Gasteiger partial charge in [-0.2, -0.15) is 0 Å². The lowest BCUT2D eigenvalue weighted by Crippen LogP contribution is -2.12. The Kier molecular flexibility index (Phi) is 3.05. The summed E-state index contributed by atoms with van der Waals surface area (Å²) < 4.78 is 0. The average Bonchev–Trinajstić information content (AvgIpc) is 2.31. The molecular weight excluding hydrogens is 230 g/mol. The highest BCUT2D eigenvalue weighted by Crippen LogP contribution is 2.17. The van der Waals surface area contributed by atoms with Gasteiger partial charge in [0.15, 0.2) is 0 Å². The van der Waals surface area contributed by atoms with E-state index in [1.54, 1.807) is 30.3 Å². The first-order chi connectivity index (χ1) is 8.54. The van der Waals surface area contributed by atoms with Gasteiger partial charge in [-0.1, -0.05) is 0 Å². The standard InChI is InChI=1S/C13H13N3O2/c14-9-5-8(6-10(15)7-9)13(18)16-11-1-3-12(17)4-2-11/h1-7,17H,14-15H2,(H,16,18). The van der Waals surface area contributed by atoms with Gasteiger partial charge in [0.05, 0.1) is 0 Å². The van der Waals surface area contributed by atoms with Gasteiger partial charge in [-0.25, -0.2) is 0 Å². The molecule has 2 aromatic carbocycles. The smallest absolute Gasteiger partial charge is 0.255 e. The zero-order valence-corrected chi connectivity index (χ0v) is 9.55. The molecule has 0 atom stereocenters. The van der Waals surface area contributed by atoms with E-state index in [2.05, 4.69) is 5.32 Å². The van der Waals surface area contributed by atoms with E-state index < -0.39 is 0 Å². The van der Waals surface area contributed by atoms with E-state index in [1.807, 2.05) is 0 Å². The molecule has 0 unspecified atom stereocenters. The van der Waals surface area contributed by atoms with Crippen LogP contribution in [0.4, 0.5) is 17.1 Å². The number of amides is 1. The van der Waals surface area contributed by atoms with Crippen LogP contribution in [0, 0.1) is 0 Å². The topological polar surface area (TPSA) is 101 Å². The van der Waals surface area contributed by atoms with Crippen LogP contribution >= 0.6 is 0 Å². The summed E-state index contributed by atoms with van der Waals surface area (Å²) >= 11 is 0. The maximum Gasteiger partial charge on any atom is 0.255 e. The molecule has 0 radical (unpaired) electrons. The second-order valence-corrected chi connectivity index (χ2v) is 3.89. The lowest BCUT2D eigenvalue weighted by atomic mass is 10.1. The first kappa shape index (κ1) is 11.8. The third kappa shape index (κ3) is 2.70. The van der Waals surface area contributed by atoms with Crippen LogP contribution in [0.25, 0.3) is 0 Å². The van der Waals surface area contributed by atoms with Crippen LogP contribution in [-0.4, -0.2) is 11.0 Å². The van der Waals surface area contributed by atoms with E-state index in [-0.39, 0.29) is 11.7 Å². The largest absolute Gasteiger partial charge is 0.508 e. The zero-order valence-electron chi connectivity index (χ0n) is 9.55. The van der Waals surface area contributed by atoms with Crippen LogP contribution in [-0.2, 0) is 0 Å². The number of hydrogen-bond donors (Lipinski definition) is 4. The minimum absolute atomic E-state index is 0.140. The van der Waals surface area contributed by atoms with Crippen molar-refractivity contribution in [2.24, 2.45) is 0 Å². The maximum atomic E-state index is 11.9. The molecule has 2 rings (SSSR count). The molecule has 0 bridgehead atoms. The van der Waals surface area contributed by atoms with Crippen molar-refractivity contribution in [3.63, 3.8) is 0 Å². The Morgan fingerprint density at radius 2 is 1.56 bits per heavy atom. The predicted molar refractivity (Wildman–Crippen MR) is 71.3 cm³/mol. The molecule has 0 aliphatic heterocycles. The molecule has 1 amide bonds. The van der Waals surface area contributed by atoms with Crippen molar-refractivity contribution >= 4 is 23.0 Å². The minimum atomic E-state index is -0.306. The molecule has 5 heteroatoms. The number of rotatable bonds is 2. The first-order valence-electron chi connectivity index (χ1n) is 5.31. The number of hydrogen-bond acceptors (Lipinski definition) is 4. The summed E-state index contributed by atoms with van der Waals surface area (Å²) in [6.45, 7) is 0. The van der Waals surface area contributed by atoms with Gasteiger partial charge in [0, 0.05) is 22.6 Å². The van der Waals surface area contributed by atoms with E-state index in [4.69, 9.17) is 16.6 Å². The average molecular weight is 243 g/mol. The lowest BCUT2D eigenvalue weighted by molar-refractivity contribution is 0.102. The van der Waals surface area contributed by atoms with Crippen LogP contribution in [0.5, 0.6) is 5.75 Å². The molecule has 92 valence electrons. The molecule has 0 aliphatic rings. The van der Waals surface area contributed by atoms with Crippen LogP contribution in [0.15, 0.2) is 42.5 Å². The Morgan fingerprint density at radius 3 is 2.11 bits per heavy atom. The third-order valence-corrected chi connectivity index (χ3v) is 2.37. The van der Waals surface area contributed by atoms with Crippen molar-refractivity contribution in [1.29, 1.82) is 0 Å². The number of nitrogens with one attached hydrogen (secondary N) is 1. The number of phenolic OH excluding ortho intramolecular Hbond substituents is 1. The Hall–Kier alpha value is -2.69. The zero-order chi connectivity index (χ0) is 13.1. The Labute approximate surface area is 104 Å². The predicted octanol–water partition coefficient (Wildman–Crippen LogP) is 1.81. The van der Waals surface area contributed by atoms with Gasteiger partial charge in [0.1, 0.15) is 5.75 Å². The fourth-order valence-corrected chi connectivity index (χ4v) is 1.56. The van der Waals surface area contributed by atoms with Crippen molar-refractivity contribution in [1.82, 2.24) is 0 Å². The molecule has 0 saturated heterocycles. The summed E-state index contributed by atoms with van der Waals surface area (Å²) in [7, 11) is 0. The molecule has 0 fully saturated rings. The number of nitrogens with two attached hydrogens (primary N) is 2. The highest BCUT2D eigenvalue weighted by atomic mass is 16.3. The fraction of sp³-hybridized carbons (Fsp3) is 0. The molecule has 0 spiro atoms. The monoisotopic (exact) mass is 243 g/mol. The molecule has 0 heterocycles. The fourth-order valence-electron chi connectivity index (χ4n) is 1.56. The van der Waals surface area contributed by atoms with Gasteiger partial charge in [-0.05, 0) is 42.5 Å². The summed E-state index contributed by atoms with van der Waals surface area (Å²) in [5, 5.41) is 11.8. The van der Waals surface area contributed by atoms with Crippen molar-refractivity contribution in [2.75, 3.05) is 16.8 Å². The van der Waals surface area contributed by atoms with E-state index in [0.717, 1.165) is 0 Å². The van der Waals surface area contributed by atoms with Crippen molar-refractivity contribution in [3.05, 3.63) is 48.0 Å². The van der Waals surface area contributed by atoms with Gasteiger partial charge >= 0.3 is 0 Å². The van der Waals surface area contributed by atoms with Crippen molar-refractivity contribution in [2.45, 2.75) is 0 Å². The molecule has 0 aromatic heterocycles. The number of carbonyl (C=O) groups is 1. The number of nitrogen functional groups attached to an aromatic ring is 2. The quantitative estimate of drug-likeness (QED) is 0.477. The SMILES string of the molecule is Nc1cc(N)cc(C(=O)Nc2ccc(O)cc2)c1. The first-order valence-corrected chi connectivity index (χ1v) is 5.31. The van der Waals surface area contributed by atoms with Crippen molar-refractivity contribution < 1.29 is 9.90 Å². The highest BCUT2D eigenvalue weighted by molar-refractivity contribution is 6.05. The van der Waals surface area contributed by atoms with Gasteiger partial charge < -0.3 is 21.9 Å². The minimum Gasteiger partial charge on any atom is -0.508 e. The van der Waals surface area contributed by atoms with Crippen LogP contribution in [0.1, 0.15) is 10.4 Å². The summed E-state index contributed by atoms with van der Waals surface area (Å²) in [5.41, 5.74) is 13.1. The van der Waals surface area contributed by atoms with Gasteiger partial charge in [-0.3, -0.25) is 4.79 Å². The number of benzene rings is 2. The van der Waals surface area contributed by atoms with Crippen LogP contribution < -0.4 is 16.8 Å². The number of aromatic hydroxyl groups is 1. The summed E-state index contributed by atoms with van der Waals surface area (Å²) in [4.78, 5) is 11.9. The summed E-state index contributed by atoms with van der Waals surface area (Å²) in [6.07, 6.45) is 0. The summed E-state index contributed by atoms with van der Waals surface area (Å²) in [6, 6.07) is 10.9. The van der Waals surface area contributed by atoms with E-state index >= 15 is 0 Å².